The van der Waals surface area contributed by atoms with Gasteiger partial charge in [0.2, 0.25) is 0 Å². The Bertz CT molecular complexity index is 326. The lowest BCUT2D eigenvalue weighted by Crippen LogP contribution is -2.46. The van der Waals surface area contributed by atoms with Crippen LogP contribution in [-0.2, 0) is 9.47 Å². The molecule has 0 spiro atoms. The highest BCUT2D eigenvalue weighted by Crippen LogP contribution is 2.54. The van der Waals surface area contributed by atoms with Crippen LogP contribution in [0, 0.1) is 29.1 Å². The third-order valence-electron chi connectivity index (χ3n) is 5.84. The molecule has 1 saturated heterocycles. The number of ether oxygens (including phenoxy) is 2. The molecule has 0 aromatic rings. The second-order valence-electron chi connectivity index (χ2n) is 7.46. The first-order chi connectivity index (χ1) is 9.04. The smallest absolute Gasteiger partial charge is 0.0610 e. The van der Waals surface area contributed by atoms with Crippen molar-refractivity contribution in [1.82, 2.24) is 0 Å². The lowest BCUT2D eigenvalue weighted by atomic mass is 9.75. The summed E-state index contributed by atoms with van der Waals surface area (Å²) in [5.41, 5.74) is 0.242. The van der Waals surface area contributed by atoms with Crippen LogP contribution in [0.4, 0.5) is 0 Å². The number of aliphatic hydroxyl groups excluding tert-OH is 1. The first kappa shape index (κ1) is 13.8. The first-order valence-corrected chi connectivity index (χ1v) is 7.91. The zero-order valence-corrected chi connectivity index (χ0v) is 12.5. The summed E-state index contributed by atoms with van der Waals surface area (Å²) in [7, 11) is 0. The predicted molar refractivity (Wildman–Crippen MR) is 73.8 cm³/mol. The minimum absolute atomic E-state index is 0.140. The average Bonchev–Trinajstić information content (AvgIpc) is 2.90. The van der Waals surface area contributed by atoms with Crippen molar-refractivity contribution in [3.05, 3.63) is 0 Å². The molecule has 2 aliphatic carbocycles. The van der Waals surface area contributed by atoms with Crippen molar-refractivity contribution >= 4 is 0 Å². The van der Waals surface area contributed by atoms with Crippen LogP contribution in [-0.4, -0.2) is 37.1 Å². The van der Waals surface area contributed by atoms with Gasteiger partial charge in [0.15, 0.2) is 0 Å². The Morgan fingerprint density at radius 2 is 2.11 bits per heavy atom. The summed E-state index contributed by atoms with van der Waals surface area (Å²) in [4.78, 5) is 0. The molecule has 110 valence electrons. The summed E-state index contributed by atoms with van der Waals surface area (Å²) in [6, 6.07) is 0. The van der Waals surface area contributed by atoms with Gasteiger partial charge in [0.25, 0.3) is 0 Å². The molecule has 0 amide bonds. The molecule has 0 radical (unpaired) electrons. The Balaban J connectivity index is 1.59. The lowest BCUT2D eigenvalue weighted by molar-refractivity contribution is -0.160. The Hall–Kier alpha value is -0.120. The fraction of sp³-hybridized carbons (Fsp3) is 1.00. The molecule has 2 saturated carbocycles. The van der Waals surface area contributed by atoms with Gasteiger partial charge in [-0.1, -0.05) is 20.8 Å². The van der Waals surface area contributed by atoms with Crippen LogP contribution in [0.1, 0.15) is 40.0 Å². The van der Waals surface area contributed by atoms with Gasteiger partial charge in [-0.05, 0) is 42.9 Å². The van der Waals surface area contributed by atoms with Gasteiger partial charge in [-0.2, -0.15) is 0 Å². The van der Waals surface area contributed by atoms with E-state index in [9.17, 15) is 5.11 Å². The zero-order valence-electron chi connectivity index (χ0n) is 12.5. The SMILES string of the molecule is CCC(O)C1C(C)C2CC(OCC3(C)COC3)C1C2. The van der Waals surface area contributed by atoms with E-state index in [2.05, 4.69) is 20.8 Å². The highest BCUT2D eigenvalue weighted by Gasteiger charge is 2.53. The third kappa shape index (κ3) is 2.34. The molecule has 3 heteroatoms. The first-order valence-electron chi connectivity index (χ1n) is 7.91. The zero-order chi connectivity index (χ0) is 13.6. The topological polar surface area (TPSA) is 38.7 Å². The highest BCUT2D eigenvalue weighted by molar-refractivity contribution is 5.02. The maximum absolute atomic E-state index is 10.3. The maximum Gasteiger partial charge on any atom is 0.0610 e. The average molecular weight is 268 g/mol. The molecular formula is C16H28O3. The van der Waals surface area contributed by atoms with Crippen LogP contribution >= 0.6 is 0 Å². The summed E-state index contributed by atoms with van der Waals surface area (Å²) in [5.74, 6) is 2.48. The van der Waals surface area contributed by atoms with Gasteiger partial charge in [0.05, 0.1) is 32.0 Å². The van der Waals surface area contributed by atoms with E-state index in [-0.39, 0.29) is 11.5 Å². The lowest BCUT2D eigenvalue weighted by Gasteiger charge is -2.41. The molecule has 6 atom stereocenters. The van der Waals surface area contributed by atoms with Crippen LogP contribution in [0.15, 0.2) is 0 Å². The van der Waals surface area contributed by atoms with Crippen LogP contribution in [0.5, 0.6) is 0 Å². The Kier molecular flexibility index (Phi) is 3.65. The van der Waals surface area contributed by atoms with E-state index in [0.717, 1.165) is 32.2 Å². The van der Waals surface area contributed by atoms with E-state index in [0.29, 0.717) is 23.9 Å². The Labute approximate surface area is 116 Å². The van der Waals surface area contributed by atoms with E-state index in [4.69, 9.17) is 9.47 Å². The van der Waals surface area contributed by atoms with Crippen molar-refractivity contribution in [1.29, 1.82) is 0 Å². The van der Waals surface area contributed by atoms with Crippen molar-refractivity contribution in [2.45, 2.75) is 52.2 Å². The fourth-order valence-corrected chi connectivity index (χ4v) is 4.55. The molecular weight excluding hydrogens is 240 g/mol. The Morgan fingerprint density at radius 1 is 1.37 bits per heavy atom. The van der Waals surface area contributed by atoms with E-state index in [1.54, 1.807) is 0 Å². The van der Waals surface area contributed by atoms with Crippen molar-refractivity contribution in [3.8, 4) is 0 Å². The summed E-state index contributed by atoms with van der Waals surface area (Å²) >= 11 is 0. The molecule has 0 aromatic carbocycles. The van der Waals surface area contributed by atoms with Crippen molar-refractivity contribution in [2.24, 2.45) is 29.1 Å². The number of hydrogen-bond donors (Lipinski definition) is 1. The number of aliphatic hydroxyl groups is 1. The highest BCUT2D eigenvalue weighted by atomic mass is 16.5. The van der Waals surface area contributed by atoms with Crippen molar-refractivity contribution in [2.75, 3.05) is 19.8 Å². The molecule has 3 aliphatic rings. The summed E-state index contributed by atoms with van der Waals surface area (Å²) in [5, 5.41) is 10.3. The second-order valence-corrected chi connectivity index (χ2v) is 7.46. The molecule has 1 aliphatic heterocycles. The van der Waals surface area contributed by atoms with Crippen molar-refractivity contribution < 1.29 is 14.6 Å². The van der Waals surface area contributed by atoms with E-state index >= 15 is 0 Å². The molecule has 2 bridgehead atoms. The summed E-state index contributed by atoms with van der Waals surface area (Å²) in [6.07, 6.45) is 3.58. The molecule has 6 unspecified atom stereocenters. The largest absolute Gasteiger partial charge is 0.393 e. The summed E-state index contributed by atoms with van der Waals surface area (Å²) in [6.45, 7) is 9.16. The minimum Gasteiger partial charge on any atom is -0.393 e. The molecule has 19 heavy (non-hydrogen) atoms. The quantitative estimate of drug-likeness (QED) is 0.832. The van der Waals surface area contributed by atoms with Gasteiger partial charge in [0, 0.05) is 5.41 Å². The molecule has 3 rings (SSSR count). The molecule has 3 nitrogen and oxygen atoms in total. The number of fused-ring (bicyclic) bond motifs is 2. The van der Waals surface area contributed by atoms with Gasteiger partial charge >= 0.3 is 0 Å². The number of rotatable bonds is 5. The Morgan fingerprint density at radius 3 is 2.63 bits per heavy atom. The van der Waals surface area contributed by atoms with Gasteiger partial charge in [-0.3, -0.25) is 0 Å². The van der Waals surface area contributed by atoms with Gasteiger partial charge in [-0.25, -0.2) is 0 Å². The van der Waals surface area contributed by atoms with Gasteiger partial charge < -0.3 is 14.6 Å². The van der Waals surface area contributed by atoms with E-state index < -0.39 is 0 Å². The van der Waals surface area contributed by atoms with Crippen molar-refractivity contribution in [3.63, 3.8) is 0 Å². The second kappa shape index (κ2) is 5.01. The molecule has 3 fully saturated rings. The normalized spacial score (nSPS) is 45.2. The van der Waals surface area contributed by atoms with Crippen LogP contribution in [0.3, 0.4) is 0 Å². The standard InChI is InChI=1S/C16H28O3/c1-4-13(17)15-10(2)11-5-12(15)14(6-11)19-9-16(3)7-18-8-16/h10-15,17H,4-9H2,1-3H3. The summed E-state index contributed by atoms with van der Waals surface area (Å²) < 4.78 is 11.5. The maximum atomic E-state index is 10.3. The van der Waals surface area contributed by atoms with Gasteiger partial charge in [-0.15, -0.1) is 0 Å². The molecule has 1 heterocycles. The number of hydrogen-bond acceptors (Lipinski definition) is 3. The van der Waals surface area contributed by atoms with Crippen LogP contribution in [0.2, 0.25) is 0 Å². The van der Waals surface area contributed by atoms with Crippen LogP contribution < -0.4 is 0 Å². The predicted octanol–water partition coefficient (Wildman–Crippen LogP) is 2.47. The van der Waals surface area contributed by atoms with E-state index in [1.807, 2.05) is 0 Å². The molecule has 1 N–H and O–H groups in total. The molecule has 0 aromatic heterocycles. The third-order valence-corrected chi connectivity index (χ3v) is 5.84. The van der Waals surface area contributed by atoms with Gasteiger partial charge in [0.1, 0.15) is 0 Å². The fourth-order valence-electron chi connectivity index (χ4n) is 4.55. The monoisotopic (exact) mass is 268 g/mol. The minimum atomic E-state index is -0.140. The van der Waals surface area contributed by atoms with Crippen LogP contribution in [0.25, 0.3) is 0 Å². The van der Waals surface area contributed by atoms with E-state index in [1.165, 1.54) is 12.8 Å².